The van der Waals surface area contributed by atoms with Gasteiger partial charge in [0.25, 0.3) is 0 Å². The maximum Gasteiger partial charge on any atom is 0.230 e. The molecule has 29 heavy (non-hydrogen) atoms. The summed E-state index contributed by atoms with van der Waals surface area (Å²) in [4.78, 5) is 6.73. The Kier molecular flexibility index (Phi) is 6.27. The summed E-state index contributed by atoms with van der Waals surface area (Å²) in [6.07, 6.45) is 4.60. The third-order valence-corrected chi connectivity index (χ3v) is 5.49. The molecular formula is C21H25ClN6O. The fourth-order valence-corrected chi connectivity index (χ4v) is 3.80. The Balaban J connectivity index is 1.23. The maximum atomic E-state index is 6.03. The molecule has 8 heteroatoms. The zero-order chi connectivity index (χ0) is 20.1. The van der Waals surface area contributed by atoms with E-state index in [1.165, 1.54) is 0 Å². The number of benzene rings is 1. The average Bonchev–Trinajstić information content (AvgIpc) is 3.23. The lowest BCUT2D eigenvalue weighted by Crippen LogP contribution is -2.33. The SMILES string of the molecule is Nc1ccc(Cl)cc1CCNCc1nnc(C2CCN(c3ccccn3)CC2)o1. The molecule has 1 fully saturated rings. The molecule has 0 radical (unpaired) electrons. The van der Waals surface area contributed by atoms with Crippen molar-refractivity contribution in [1.29, 1.82) is 0 Å². The number of nitrogens with two attached hydrogens (primary N) is 1. The molecule has 0 spiro atoms. The highest BCUT2D eigenvalue weighted by molar-refractivity contribution is 6.30. The second kappa shape index (κ2) is 9.24. The van der Waals surface area contributed by atoms with Gasteiger partial charge in [0.05, 0.1) is 6.54 Å². The topological polar surface area (TPSA) is 93.1 Å². The number of rotatable bonds is 7. The van der Waals surface area contributed by atoms with E-state index in [2.05, 4.69) is 25.4 Å². The summed E-state index contributed by atoms with van der Waals surface area (Å²) in [6, 6.07) is 11.5. The van der Waals surface area contributed by atoms with Crippen LogP contribution < -0.4 is 16.0 Å². The van der Waals surface area contributed by atoms with Crippen LogP contribution in [0.4, 0.5) is 11.5 Å². The minimum Gasteiger partial charge on any atom is -0.424 e. The Hall–Kier alpha value is -2.64. The van der Waals surface area contributed by atoms with E-state index in [1.807, 2.05) is 36.5 Å². The quantitative estimate of drug-likeness (QED) is 0.453. The van der Waals surface area contributed by atoms with Gasteiger partial charge in [-0.1, -0.05) is 17.7 Å². The lowest BCUT2D eigenvalue weighted by Gasteiger charge is -2.31. The molecule has 1 aliphatic heterocycles. The number of nitrogen functional groups attached to an aromatic ring is 1. The van der Waals surface area contributed by atoms with Gasteiger partial charge in [-0.3, -0.25) is 0 Å². The maximum absolute atomic E-state index is 6.03. The Morgan fingerprint density at radius 3 is 2.83 bits per heavy atom. The van der Waals surface area contributed by atoms with Gasteiger partial charge in [-0.15, -0.1) is 10.2 Å². The summed E-state index contributed by atoms with van der Waals surface area (Å²) in [7, 11) is 0. The summed E-state index contributed by atoms with van der Waals surface area (Å²) in [5.74, 6) is 2.69. The first-order valence-corrected chi connectivity index (χ1v) is 10.3. The van der Waals surface area contributed by atoms with E-state index in [1.54, 1.807) is 6.07 Å². The van der Waals surface area contributed by atoms with Gasteiger partial charge in [-0.25, -0.2) is 4.98 Å². The number of aromatic nitrogens is 3. The van der Waals surface area contributed by atoms with E-state index < -0.39 is 0 Å². The molecular weight excluding hydrogens is 388 g/mol. The second-order valence-electron chi connectivity index (χ2n) is 7.25. The van der Waals surface area contributed by atoms with Crippen molar-refractivity contribution in [2.75, 3.05) is 30.3 Å². The normalized spacial score (nSPS) is 15.0. The van der Waals surface area contributed by atoms with Crippen molar-refractivity contribution in [3.63, 3.8) is 0 Å². The van der Waals surface area contributed by atoms with Gasteiger partial charge in [0, 0.05) is 35.9 Å². The first kappa shape index (κ1) is 19.7. The van der Waals surface area contributed by atoms with Crippen LogP contribution in [0.15, 0.2) is 47.0 Å². The van der Waals surface area contributed by atoms with Crippen molar-refractivity contribution in [2.24, 2.45) is 0 Å². The zero-order valence-corrected chi connectivity index (χ0v) is 17.0. The summed E-state index contributed by atoms with van der Waals surface area (Å²) in [6.45, 7) is 3.18. The molecule has 0 bridgehead atoms. The molecule has 2 aromatic heterocycles. The van der Waals surface area contributed by atoms with E-state index in [4.69, 9.17) is 21.8 Å². The summed E-state index contributed by atoms with van der Waals surface area (Å²) < 4.78 is 5.89. The lowest BCUT2D eigenvalue weighted by molar-refractivity contribution is 0.369. The van der Waals surface area contributed by atoms with Crippen molar-refractivity contribution in [1.82, 2.24) is 20.5 Å². The molecule has 1 saturated heterocycles. The van der Waals surface area contributed by atoms with E-state index in [-0.39, 0.29) is 0 Å². The summed E-state index contributed by atoms with van der Waals surface area (Å²) >= 11 is 6.03. The van der Waals surface area contributed by atoms with Crippen molar-refractivity contribution in [2.45, 2.75) is 31.7 Å². The van der Waals surface area contributed by atoms with Gasteiger partial charge in [0.2, 0.25) is 11.8 Å². The minimum atomic E-state index is 0.308. The summed E-state index contributed by atoms with van der Waals surface area (Å²) in [5.41, 5.74) is 7.78. The van der Waals surface area contributed by atoms with Gasteiger partial charge in [0.1, 0.15) is 5.82 Å². The van der Waals surface area contributed by atoms with Gasteiger partial charge >= 0.3 is 0 Å². The molecule has 3 N–H and O–H groups in total. The van der Waals surface area contributed by atoms with Crippen LogP contribution >= 0.6 is 11.6 Å². The molecule has 0 atom stereocenters. The molecule has 7 nitrogen and oxygen atoms in total. The smallest absolute Gasteiger partial charge is 0.230 e. The van der Waals surface area contributed by atoms with Gasteiger partial charge in [-0.2, -0.15) is 0 Å². The van der Waals surface area contributed by atoms with Crippen molar-refractivity contribution >= 4 is 23.1 Å². The number of nitrogens with one attached hydrogen (secondary N) is 1. The van der Waals surface area contributed by atoms with Crippen LogP contribution in [-0.4, -0.2) is 34.8 Å². The van der Waals surface area contributed by atoms with Crippen LogP contribution in [0.25, 0.3) is 0 Å². The molecule has 0 amide bonds. The van der Waals surface area contributed by atoms with Crippen molar-refractivity contribution in [3.05, 3.63) is 65.0 Å². The minimum absolute atomic E-state index is 0.308. The van der Waals surface area contributed by atoms with Crippen LogP contribution in [0.3, 0.4) is 0 Å². The predicted molar refractivity (Wildman–Crippen MR) is 114 cm³/mol. The highest BCUT2D eigenvalue weighted by Crippen LogP contribution is 2.29. The van der Waals surface area contributed by atoms with E-state index in [0.29, 0.717) is 23.4 Å². The third kappa shape index (κ3) is 5.05. The fourth-order valence-electron chi connectivity index (χ4n) is 3.61. The number of hydrogen-bond donors (Lipinski definition) is 2. The third-order valence-electron chi connectivity index (χ3n) is 5.25. The van der Waals surface area contributed by atoms with Gasteiger partial charge in [0.15, 0.2) is 0 Å². The van der Waals surface area contributed by atoms with Crippen LogP contribution in [0.2, 0.25) is 5.02 Å². The highest BCUT2D eigenvalue weighted by atomic mass is 35.5. The number of hydrogen-bond acceptors (Lipinski definition) is 7. The number of piperidine rings is 1. The first-order valence-electron chi connectivity index (χ1n) is 9.92. The number of pyridine rings is 1. The molecule has 152 valence electrons. The van der Waals surface area contributed by atoms with E-state index >= 15 is 0 Å². The second-order valence-corrected chi connectivity index (χ2v) is 7.69. The Labute approximate surface area is 175 Å². The molecule has 3 aromatic rings. The largest absolute Gasteiger partial charge is 0.424 e. The molecule has 0 saturated carbocycles. The van der Waals surface area contributed by atoms with Crippen LogP contribution in [0.1, 0.15) is 36.1 Å². The zero-order valence-electron chi connectivity index (χ0n) is 16.2. The average molecular weight is 413 g/mol. The number of nitrogens with zero attached hydrogens (tertiary/aromatic N) is 4. The predicted octanol–water partition coefficient (Wildman–Crippen LogP) is 3.42. The Bertz CT molecular complexity index is 924. The number of anilines is 2. The van der Waals surface area contributed by atoms with Crippen molar-refractivity contribution < 1.29 is 4.42 Å². The first-order chi connectivity index (χ1) is 14.2. The Morgan fingerprint density at radius 2 is 2.03 bits per heavy atom. The highest BCUT2D eigenvalue weighted by Gasteiger charge is 2.25. The molecule has 4 rings (SSSR count). The standard InChI is InChI=1S/C21H25ClN6O/c22-17-4-5-18(23)16(13-17)6-10-24-14-20-26-27-21(29-20)15-7-11-28(12-8-15)19-3-1-2-9-25-19/h1-5,9,13,15,24H,6-8,10-12,14,23H2. The molecule has 1 aliphatic rings. The molecule has 1 aromatic carbocycles. The molecule has 3 heterocycles. The van der Waals surface area contributed by atoms with Crippen LogP contribution in [0, 0.1) is 0 Å². The summed E-state index contributed by atoms with van der Waals surface area (Å²) in [5, 5.41) is 12.5. The monoisotopic (exact) mass is 412 g/mol. The van der Waals surface area contributed by atoms with E-state index in [0.717, 1.165) is 61.9 Å². The lowest BCUT2D eigenvalue weighted by atomic mass is 9.97. The Morgan fingerprint density at radius 1 is 1.17 bits per heavy atom. The van der Waals surface area contributed by atoms with Crippen molar-refractivity contribution in [3.8, 4) is 0 Å². The van der Waals surface area contributed by atoms with Gasteiger partial charge in [-0.05, 0) is 61.7 Å². The number of halogens is 1. The fraction of sp³-hybridized carbons (Fsp3) is 0.381. The van der Waals surface area contributed by atoms with Gasteiger partial charge < -0.3 is 20.4 Å². The molecule has 0 unspecified atom stereocenters. The van der Waals surface area contributed by atoms with Crippen LogP contribution in [-0.2, 0) is 13.0 Å². The molecule has 0 aliphatic carbocycles. The van der Waals surface area contributed by atoms with E-state index in [9.17, 15) is 0 Å². The van der Waals surface area contributed by atoms with Crippen LogP contribution in [0.5, 0.6) is 0 Å².